The summed E-state index contributed by atoms with van der Waals surface area (Å²) in [6.45, 7) is 7.64. The number of benzene rings is 4. The van der Waals surface area contributed by atoms with Gasteiger partial charge in [0.1, 0.15) is 11.8 Å². The number of fused-ring (bicyclic) bond motifs is 2. The van der Waals surface area contributed by atoms with E-state index < -0.39 is 6.04 Å². The van der Waals surface area contributed by atoms with E-state index in [0.29, 0.717) is 36.1 Å². The van der Waals surface area contributed by atoms with Gasteiger partial charge >= 0.3 is 0 Å². The van der Waals surface area contributed by atoms with E-state index in [1.165, 1.54) is 40.8 Å². The number of aromatic hydroxyl groups is 1. The fourth-order valence-electron chi connectivity index (χ4n) is 9.86. The maximum atomic E-state index is 13.1. The second-order valence-electron chi connectivity index (χ2n) is 16.0. The van der Waals surface area contributed by atoms with Crippen molar-refractivity contribution in [3.63, 3.8) is 0 Å². The molecule has 0 radical (unpaired) electrons. The number of hydrogen-bond acceptors (Lipinski definition) is 7. The fourth-order valence-corrected chi connectivity index (χ4v) is 9.86. The van der Waals surface area contributed by atoms with E-state index >= 15 is 0 Å². The van der Waals surface area contributed by atoms with Crippen molar-refractivity contribution in [1.82, 2.24) is 15.1 Å². The van der Waals surface area contributed by atoms with Gasteiger partial charge in [-0.15, -0.1) is 0 Å². The van der Waals surface area contributed by atoms with E-state index in [2.05, 4.69) is 86.7 Å². The Labute approximate surface area is 317 Å². The summed E-state index contributed by atoms with van der Waals surface area (Å²) in [4.78, 5) is 46.5. The maximum Gasteiger partial charge on any atom is 0.255 e. The van der Waals surface area contributed by atoms with Crippen LogP contribution in [0.25, 0.3) is 0 Å². The lowest BCUT2D eigenvalue weighted by Gasteiger charge is -2.40. The molecular weight excluding hydrogens is 675 g/mol. The number of hydrogen-bond donors (Lipinski definition) is 2. The third-order valence-electron chi connectivity index (χ3n) is 12.8. The van der Waals surface area contributed by atoms with Gasteiger partial charge in [0, 0.05) is 81.6 Å². The van der Waals surface area contributed by atoms with Crippen LogP contribution in [0.3, 0.4) is 0 Å². The van der Waals surface area contributed by atoms with Crippen molar-refractivity contribution in [2.45, 2.75) is 62.9 Å². The van der Waals surface area contributed by atoms with Crippen molar-refractivity contribution in [2.75, 3.05) is 55.6 Å². The van der Waals surface area contributed by atoms with Crippen LogP contribution in [0.15, 0.2) is 91.0 Å². The first kappa shape index (κ1) is 34.6. The first-order valence-corrected chi connectivity index (χ1v) is 19.8. The van der Waals surface area contributed by atoms with Crippen LogP contribution in [0.1, 0.15) is 82.1 Å². The van der Waals surface area contributed by atoms with E-state index in [1.54, 1.807) is 4.90 Å². The van der Waals surface area contributed by atoms with E-state index in [1.807, 2.05) is 24.3 Å². The highest BCUT2D eigenvalue weighted by Gasteiger charge is 2.39. The van der Waals surface area contributed by atoms with E-state index in [0.717, 1.165) is 69.9 Å². The van der Waals surface area contributed by atoms with Crippen molar-refractivity contribution in [2.24, 2.45) is 5.92 Å². The molecule has 4 aliphatic heterocycles. The molecule has 278 valence electrons. The topological polar surface area (TPSA) is 96.4 Å². The van der Waals surface area contributed by atoms with Gasteiger partial charge < -0.3 is 19.8 Å². The summed E-state index contributed by atoms with van der Waals surface area (Å²) in [5, 5.41) is 12.6. The molecule has 1 aliphatic carbocycles. The van der Waals surface area contributed by atoms with Crippen LogP contribution >= 0.6 is 0 Å². The Morgan fingerprint density at radius 2 is 1.41 bits per heavy atom. The second kappa shape index (κ2) is 14.6. The number of piperazine rings is 1. The first-order valence-electron chi connectivity index (χ1n) is 19.8. The van der Waals surface area contributed by atoms with E-state index in [4.69, 9.17) is 0 Å². The summed E-state index contributed by atoms with van der Waals surface area (Å²) in [5.74, 6) is 0.955. The Morgan fingerprint density at radius 1 is 0.667 bits per heavy atom. The Balaban J connectivity index is 0.780. The molecule has 4 aromatic carbocycles. The number of nitrogens with zero attached hydrogens (tertiary/aromatic N) is 4. The summed E-state index contributed by atoms with van der Waals surface area (Å²) in [5.41, 5.74) is 9.39. The van der Waals surface area contributed by atoms with Crippen LogP contribution in [-0.4, -0.2) is 84.5 Å². The molecule has 9 rings (SSSR count). The first-order chi connectivity index (χ1) is 26.4. The van der Waals surface area contributed by atoms with Crippen molar-refractivity contribution >= 4 is 29.1 Å². The Hall–Kier alpha value is -5.15. The molecule has 2 N–H and O–H groups in total. The third-order valence-corrected chi connectivity index (χ3v) is 12.8. The second-order valence-corrected chi connectivity index (χ2v) is 16.0. The summed E-state index contributed by atoms with van der Waals surface area (Å²) in [6, 6.07) is 31.7. The molecular formula is C45H49N5O4. The number of nitrogens with one attached hydrogen (secondary N) is 1. The zero-order valence-electron chi connectivity index (χ0n) is 30.8. The largest absolute Gasteiger partial charge is 0.508 e. The van der Waals surface area contributed by atoms with Gasteiger partial charge in [0.25, 0.3) is 5.91 Å². The number of rotatable bonds is 7. The van der Waals surface area contributed by atoms with Crippen molar-refractivity contribution in [3.05, 3.63) is 124 Å². The number of piperidine rings is 2. The molecule has 54 heavy (non-hydrogen) atoms. The molecule has 3 amide bonds. The maximum absolute atomic E-state index is 13.1. The van der Waals surface area contributed by atoms with Gasteiger partial charge in [-0.3, -0.25) is 24.6 Å². The van der Waals surface area contributed by atoms with Gasteiger partial charge in [-0.2, -0.15) is 0 Å². The average molecular weight is 724 g/mol. The predicted molar refractivity (Wildman–Crippen MR) is 210 cm³/mol. The molecule has 3 saturated heterocycles. The number of aryl methyl sites for hydroxylation is 1. The third kappa shape index (κ3) is 6.74. The molecule has 3 atom stereocenters. The van der Waals surface area contributed by atoms with Gasteiger partial charge in [-0.05, 0) is 114 Å². The molecule has 0 bridgehead atoms. The molecule has 0 spiro atoms. The van der Waals surface area contributed by atoms with Crippen molar-refractivity contribution in [3.8, 4) is 5.75 Å². The SMILES string of the molecule is O=C1CCC(N2Cc3cc(N4CCN(CC5CCN(c6ccc([C@@H]7c8ccc(O)cc8CCC7c7ccccc7)cc6)CC5)CC4)ccc3C2=O)C(=O)N1. The van der Waals surface area contributed by atoms with Gasteiger partial charge in [0.05, 0.1) is 0 Å². The lowest BCUT2D eigenvalue weighted by molar-refractivity contribution is -0.136. The van der Waals surface area contributed by atoms with Crippen LogP contribution in [-0.2, 0) is 22.6 Å². The summed E-state index contributed by atoms with van der Waals surface area (Å²) in [6.07, 6.45) is 5.08. The number of anilines is 2. The quantitative estimate of drug-likeness (QED) is 0.224. The monoisotopic (exact) mass is 723 g/mol. The summed E-state index contributed by atoms with van der Waals surface area (Å²) < 4.78 is 0. The van der Waals surface area contributed by atoms with Gasteiger partial charge in [-0.1, -0.05) is 48.5 Å². The average Bonchev–Trinajstić information content (AvgIpc) is 3.53. The molecule has 4 heterocycles. The molecule has 9 heteroatoms. The minimum atomic E-state index is -0.585. The van der Waals surface area contributed by atoms with Crippen LogP contribution in [0.5, 0.6) is 5.75 Å². The van der Waals surface area contributed by atoms with Gasteiger partial charge in [-0.25, -0.2) is 0 Å². The minimum absolute atomic E-state index is 0.121. The van der Waals surface area contributed by atoms with Crippen LogP contribution in [0, 0.1) is 5.92 Å². The highest BCUT2D eigenvalue weighted by atomic mass is 16.3. The summed E-state index contributed by atoms with van der Waals surface area (Å²) in [7, 11) is 0. The minimum Gasteiger partial charge on any atom is -0.508 e. The Morgan fingerprint density at radius 3 is 2.17 bits per heavy atom. The lowest BCUT2D eigenvalue weighted by atomic mass is 9.69. The molecule has 0 aromatic heterocycles. The molecule has 3 fully saturated rings. The van der Waals surface area contributed by atoms with Crippen LogP contribution < -0.4 is 15.1 Å². The Bertz CT molecular complexity index is 2030. The Kier molecular flexibility index (Phi) is 9.35. The zero-order valence-corrected chi connectivity index (χ0v) is 30.8. The van der Waals surface area contributed by atoms with E-state index in [-0.39, 0.29) is 30.1 Å². The standard InChI is InChI=1S/C45H49N5O4/c51-37-12-15-39-33(27-37)8-13-38(31-4-2-1-3-5-31)43(39)32-6-9-35(10-7-32)48-20-18-30(19-21-48)28-47-22-24-49(25-23-47)36-11-14-40-34(26-36)29-50(45(40)54)41-16-17-42(52)46-44(41)53/h1-7,9-12,14-15,26-27,30,38,41,43,51H,8,13,16-25,28-29H2,(H,46,52,53)/t38?,41?,43-/m0/s1. The number of imide groups is 1. The number of amides is 3. The smallest absolute Gasteiger partial charge is 0.255 e. The van der Waals surface area contributed by atoms with Crippen LogP contribution in [0.2, 0.25) is 0 Å². The molecule has 5 aliphatic rings. The van der Waals surface area contributed by atoms with Gasteiger partial charge in [0.2, 0.25) is 11.8 Å². The van der Waals surface area contributed by atoms with E-state index in [9.17, 15) is 19.5 Å². The molecule has 9 nitrogen and oxygen atoms in total. The fraction of sp³-hybridized carbons (Fsp3) is 0.400. The van der Waals surface area contributed by atoms with Crippen LogP contribution in [0.4, 0.5) is 11.4 Å². The van der Waals surface area contributed by atoms with Crippen molar-refractivity contribution < 1.29 is 19.5 Å². The van der Waals surface area contributed by atoms with Crippen molar-refractivity contribution in [1.29, 1.82) is 0 Å². The molecule has 2 unspecified atom stereocenters. The number of carbonyl (C=O) groups excluding carboxylic acids is 3. The number of phenolic OH excluding ortho intramolecular Hbond substituents is 1. The zero-order chi connectivity index (χ0) is 36.8. The van der Waals surface area contributed by atoms with Gasteiger partial charge in [0.15, 0.2) is 0 Å². The number of phenols is 1. The lowest BCUT2D eigenvalue weighted by Crippen LogP contribution is -2.52. The normalized spacial score (nSPS) is 23.7. The molecule has 0 saturated carbocycles. The highest BCUT2D eigenvalue weighted by Crippen LogP contribution is 2.47. The summed E-state index contributed by atoms with van der Waals surface area (Å²) >= 11 is 0. The number of carbonyl (C=O) groups is 3. The predicted octanol–water partition coefficient (Wildman–Crippen LogP) is 6.05. The highest BCUT2D eigenvalue weighted by molar-refractivity contribution is 6.05. The molecule has 4 aromatic rings.